The Kier molecular flexibility index (Phi) is 7.97. The Balaban J connectivity index is 1.46. The third kappa shape index (κ3) is 6.56. The number of sulfonamides is 1. The number of nitrogens with one attached hydrogen (secondary N) is 1. The zero-order valence-corrected chi connectivity index (χ0v) is 22.2. The number of rotatable bonds is 8. The standard InChI is InChI=1S/C26H22Cl2N4O4S/c1-36-23-12-7-19-13-20(25(28)30-24(19)14-23)15-29-31-26(33)18-5-10-22(11-6-18)32(37(2,34)35)16-17-3-8-21(27)9-4-17/h3-15H,16H2,1-2H3,(H,31,33)/b29-15+. The van der Waals surface area contributed by atoms with Gasteiger partial charge in [-0.05, 0) is 60.2 Å². The van der Waals surface area contributed by atoms with Gasteiger partial charge < -0.3 is 4.74 Å². The highest BCUT2D eigenvalue weighted by Gasteiger charge is 2.18. The fourth-order valence-electron chi connectivity index (χ4n) is 3.52. The molecule has 0 bridgehead atoms. The second kappa shape index (κ2) is 11.2. The minimum atomic E-state index is -3.58. The van der Waals surface area contributed by atoms with E-state index in [0.29, 0.717) is 33.1 Å². The van der Waals surface area contributed by atoms with Gasteiger partial charge in [-0.2, -0.15) is 5.10 Å². The number of ether oxygens (including phenoxy) is 1. The van der Waals surface area contributed by atoms with Gasteiger partial charge in [-0.1, -0.05) is 35.3 Å². The molecule has 0 aliphatic carbocycles. The number of methoxy groups -OCH3 is 1. The predicted molar refractivity (Wildman–Crippen MR) is 147 cm³/mol. The number of carbonyl (C=O) groups excluding carboxylic acids is 1. The SMILES string of the molecule is COc1ccc2cc(/C=N/NC(=O)c3ccc(N(Cc4ccc(Cl)cc4)S(C)(=O)=O)cc3)c(Cl)nc2c1. The number of anilines is 1. The molecule has 0 saturated heterocycles. The van der Waals surface area contributed by atoms with Crippen LogP contribution in [-0.4, -0.2) is 38.9 Å². The smallest absolute Gasteiger partial charge is 0.271 e. The number of hydrazone groups is 1. The molecule has 0 aliphatic rings. The number of hydrogen-bond donors (Lipinski definition) is 1. The molecule has 0 aliphatic heterocycles. The first kappa shape index (κ1) is 26.4. The molecule has 3 aromatic carbocycles. The fraction of sp³-hybridized carbons (Fsp3) is 0.115. The van der Waals surface area contributed by atoms with Crippen LogP contribution in [0.25, 0.3) is 10.9 Å². The van der Waals surface area contributed by atoms with Gasteiger partial charge in [-0.15, -0.1) is 0 Å². The van der Waals surface area contributed by atoms with E-state index in [-0.39, 0.29) is 11.7 Å². The van der Waals surface area contributed by atoms with E-state index < -0.39 is 15.9 Å². The Morgan fingerprint density at radius 3 is 2.41 bits per heavy atom. The molecule has 4 aromatic rings. The molecule has 0 fully saturated rings. The van der Waals surface area contributed by atoms with Crippen molar-refractivity contribution in [3.63, 3.8) is 0 Å². The summed E-state index contributed by atoms with van der Waals surface area (Å²) in [7, 11) is -2.00. The molecular weight excluding hydrogens is 535 g/mol. The third-order valence-electron chi connectivity index (χ3n) is 5.43. The van der Waals surface area contributed by atoms with E-state index in [2.05, 4.69) is 15.5 Å². The summed E-state index contributed by atoms with van der Waals surface area (Å²) in [5.74, 6) is 0.196. The number of benzene rings is 3. The summed E-state index contributed by atoms with van der Waals surface area (Å²) in [5, 5.41) is 5.61. The molecule has 11 heteroatoms. The van der Waals surface area contributed by atoms with Gasteiger partial charge in [-0.25, -0.2) is 18.8 Å². The minimum absolute atomic E-state index is 0.124. The summed E-state index contributed by atoms with van der Waals surface area (Å²) in [6.07, 6.45) is 2.53. The van der Waals surface area contributed by atoms with Crippen LogP contribution in [0, 0.1) is 0 Å². The lowest BCUT2D eigenvalue weighted by molar-refractivity contribution is 0.0955. The van der Waals surface area contributed by atoms with Crippen LogP contribution >= 0.6 is 23.2 Å². The zero-order valence-electron chi connectivity index (χ0n) is 19.9. The van der Waals surface area contributed by atoms with E-state index in [9.17, 15) is 13.2 Å². The topological polar surface area (TPSA) is 101 Å². The predicted octanol–water partition coefficient (Wildman–Crippen LogP) is 5.28. The first-order chi connectivity index (χ1) is 17.6. The largest absolute Gasteiger partial charge is 0.497 e. The first-order valence-corrected chi connectivity index (χ1v) is 13.5. The van der Waals surface area contributed by atoms with Gasteiger partial charge in [0.05, 0.1) is 37.3 Å². The molecule has 1 N–H and O–H groups in total. The number of carbonyl (C=O) groups is 1. The summed E-state index contributed by atoms with van der Waals surface area (Å²) < 4.78 is 31.3. The Labute approximate surface area is 224 Å². The highest BCUT2D eigenvalue weighted by atomic mass is 35.5. The monoisotopic (exact) mass is 556 g/mol. The van der Waals surface area contributed by atoms with Crippen molar-refractivity contribution in [2.45, 2.75) is 6.54 Å². The number of amides is 1. The lowest BCUT2D eigenvalue weighted by Gasteiger charge is -2.22. The van der Waals surface area contributed by atoms with Gasteiger partial charge in [0.25, 0.3) is 5.91 Å². The number of halogens is 2. The average Bonchev–Trinajstić information content (AvgIpc) is 2.87. The lowest BCUT2D eigenvalue weighted by atomic mass is 10.1. The van der Waals surface area contributed by atoms with Gasteiger partial charge >= 0.3 is 0 Å². The summed E-state index contributed by atoms with van der Waals surface area (Å²) in [6.45, 7) is 0.124. The van der Waals surface area contributed by atoms with Crippen LogP contribution in [0.5, 0.6) is 5.75 Å². The van der Waals surface area contributed by atoms with E-state index in [4.69, 9.17) is 27.9 Å². The number of hydrogen-bond acceptors (Lipinski definition) is 6. The molecule has 0 unspecified atom stereocenters. The Hall–Kier alpha value is -3.66. The maximum absolute atomic E-state index is 12.6. The molecule has 1 aromatic heterocycles. The van der Waals surface area contributed by atoms with Crippen LogP contribution in [0.2, 0.25) is 10.2 Å². The van der Waals surface area contributed by atoms with Crippen molar-refractivity contribution in [3.05, 3.63) is 99.7 Å². The normalized spacial score (nSPS) is 11.6. The van der Waals surface area contributed by atoms with Gasteiger partial charge in [0.15, 0.2) is 0 Å². The fourth-order valence-corrected chi connectivity index (χ4v) is 4.73. The van der Waals surface area contributed by atoms with Crippen molar-refractivity contribution in [2.75, 3.05) is 17.7 Å². The summed E-state index contributed by atoms with van der Waals surface area (Å²) in [6, 6.07) is 20.3. The number of fused-ring (bicyclic) bond motifs is 1. The van der Waals surface area contributed by atoms with Crippen LogP contribution < -0.4 is 14.5 Å². The minimum Gasteiger partial charge on any atom is -0.497 e. The summed E-state index contributed by atoms with van der Waals surface area (Å²) in [4.78, 5) is 16.9. The second-order valence-corrected chi connectivity index (χ2v) is 10.8. The summed E-state index contributed by atoms with van der Waals surface area (Å²) in [5.41, 5.74) is 5.14. The van der Waals surface area contributed by atoms with Crippen molar-refractivity contribution in [3.8, 4) is 5.75 Å². The van der Waals surface area contributed by atoms with Gasteiger partial charge in [-0.3, -0.25) is 9.10 Å². The van der Waals surface area contributed by atoms with Crippen LogP contribution in [-0.2, 0) is 16.6 Å². The maximum atomic E-state index is 12.6. The van der Waals surface area contributed by atoms with Crippen LogP contribution in [0.1, 0.15) is 21.5 Å². The molecule has 37 heavy (non-hydrogen) atoms. The van der Waals surface area contributed by atoms with Gasteiger partial charge in [0.2, 0.25) is 10.0 Å². The highest BCUT2D eigenvalue weighted by Crippen LogP contribution is 2.24. The van der Waals surface area contributed by atoms with Crippen LogP contribution in [0.15, 0.2) is 77.9 Å². The van der Waals surface area contributed by atoms with Crippen LogP contribution in [0.3, 0.4) is 0 Å². The molecule has 0 radical (unpaired) electrons. The van der Waals surface area contributed by atoms with E-state index >= 15 is 0 Å². The average molecular weight is 557 g/mol. The molecular formula is C26H22Cl2N4O4S. The molecule has 0 atom stereocenters. The van der Waals surface area contributed by atoms with E-state index in [1.807, 2.05) is 12.1 Å². The molecule has 1 heterocycles. The molecule has 4 rings (SSSR count). The van der Waals surface area contributed by atoms with Crippen molar-refractivity contribution in [1.29, 1.82) is 0 Å². The lowest BCUT2D eigenvalue weighted by Crippen LogP contribution is -2.29. The second-order valence-electron chi connectivity index (χ2n) is 8.07. The number of aromatic nitrogens is 1. The molecule has 0 spiro atoms. The number of pyridine rings is 1. The Bertz CT molecular complexity index is 1580. The van der Waals surface area contributed by atoms with Crippen molar-refractivity contribution < 1.29 is 17.9 Å². The highest BCUT2D eigenvalue weighted by molar-refractivity contribution is 7.92. The van der Waals surface area contributed by atoms with E-state index in [1.54, 1.807) is 55.6 Å². The Morgan fingerprint density at radius 1 is 1.05 bits per heavy atom. The van der Waals surface area contributed by atoms with E-state index in [0.717, 1.165) is 17.2 Å². The molecule has 1 amide bonds. The van der Waals surface area contributed by atoms with Crippen molar-refractivity contribution in [2.24, 2.45) is 5.10 Å². The third-order valence-corrected chi connectivity index (χ3v) is 7.13. The maximum Gasteiger partial charge on any atom is 0.271 e. The molecule has 190 valence electrons. The van der Waals surface area contributed by atoms with Crippen LogP contribution in [0.4, 0.5) is 5.69 Å². The van der Waals surface area contributed by atoms with Crippen molar-refractivity contribution >= 4 is 61.9 Å². The Morgan fingerprint density at radius 2 is 1.76 bits per heavy atom. The molecule has 8 nitrogen and oxygen atoms in total. The number of nitrogens with zero attached hydrogens (tertiary/aromatic N) is 3. The van der Waals surface area contributed by atoms with Gasteiger partial charge in [0.1, 0.15) is 10.9 Å². The molecule has 0 saturated carbocycles. The summed E-state index contributed by atoms with van der Waals surface area (Å²) >= 11 is 12.2. The van der Waals surface area contributed by atoms with E-state index in [1.165, 1.54) is 22.7 Å². The van der Waals surface area contributed by atoms with Gasteiger partial charge in [0, 0.05) is 27.6 Å². The quantitative estimate of drug-likeness (QED) is 0.181. The van der Waals surface area contributed by atoms with Crippen molar-refractivity contribution in [1.82, 2.24) is 10.4 Å². The first-order valence-electron chi connectivity index (χ1n) is 10.9. The zero-order chi connectivity index (χ0) is 26.6.